The van der Waals surface area contributed by atoms with Crippen LogP contribution in [0, 0.1) is 5.92 Å². The van der Waals surface area contributed by atoms with E-state index in [0.717, 1.165) is 30.1 Å². The summed E-state index contributed by atoms with van der Waals surface area (Å²) in [6.45, 7) is 4.52. The number of hydrogen-bond donors (Lipinski definition) is 0. The summed E-state index contributed by atoms with van der Waals surface area (Å²) in [5.74, 6) is 4.23. The van der Waals surface area contributed by atoms with Crippen LogP contribution < -0.4 is 18.9 Å². The fourth-order valence-electron chi connectivity index (χ4n) is 3.70. The Kier molecular flexibility index (Phi) is 5.60. The van der Waals surface area contributed by atoms with Crippen LogP contribution in [0.3, 0.4) is 0 Å². The third-order valence-electron chi connectivity index (χ3n) is 4.97. The van der Waals surface area contributed by atoms with E-state index < -0.39 is 0 Å². The topological polar surface area (TPSA) is 36.9 Å². The molecule has 0 unspecified atom stereocenters. The fourth-order valence-corrected chi connectivity index (χ4v) is 3.70. The summed E-state index contributed by atoms with van der Waals surface area (Å²) in [7, 11) is 5.01. The second-order valence-corrected chi connectivity index (χ2v) is 7.19. The van der Waals surface area contributed by atoms with Gasteiger partial charge in [-0.1, -0.05) is 26.0 Å². The third-order valence-corrected chi connectivity index (χ3v) is 4.97. The quantitative estimate of drug-likeness (QED) is 0.698. The van der Waals surface area contributed by atoms with E-state index in [1.807, 2.05) is 18.2 Å². The van der Waals surface area contributed by atoms with Crippen LogP contribution in [0.15, 0.2) is 36.4 Å². The minimum Gasteiger partial charge on any atom is -0.497 e. The number of hydrogen-bond acceptors (Lipinski definition) is 4. The van der Waals surface area contributed by atoms with Gasteiger partial charge in [0.1, 0.15) is 17.6 Å². The molecule has 0 aliphatic carbocycles. The number of ether oxygens (including phenoxy) is 4. The SMILES string of the molecule is COc1ccc([C@@H]2C[C@H](CC(C)C)c3cc(OC)c(OC)cc3O2)cc1. The molecule has 0 saturated carbocycles. The van der Waals surface area contributed by atoms with Crippen molar-refractivity contribution in [3.63, 3.8) is 0 Å². The second-order valence-electron chi connectivity index (χ2n) is 7.19. The first-order chi connectivity index (χ1) is 12.5. The maximum absolute atomic E-state index is 6.37. The number of fused-ring (bicyclic) bond motifs is 1. The molecular weight excluding hydrogens is 328 g/mol. The summed E-state index contributed by atoms with van der Waals surface area (Å²) in [6.07, 6.45) is 2.08. The van der Waals surface area contributed by atoms with Gasteiger partial charge in [-0.3, -0.25) is 0 Å². The van der Waals surface area contributed by atoms with Crippen LogP contribution in [0.25, 0.3) is 0 Å². The average Bonchev–Trinajstić information content (AvgIpc) is 2.66. The zero-order chi connectivity index (χ0) is 18.7. The van der Waals surface area contributed by atoms with E-state index in [1.165, 1.54) is 11.1 Å². The smallest absolute Gasteiger partial charge is 0.164 e. The van der Waals surface area contributed by atoms with Gasteiger partial charge >= 0.3 is 0 Å². The summed E-state index contributed by atoms with van der Waals surface area (Å²) < 4.78 is 22.6. The first-order valence-electron chi connectivity index (χ1n) is 9.12. The minimum atomic E-state index is 0.0234. The van der Waals surface area contributed by atoms with Gasteiger partial charge in [-0.15, -0.1) is 0 Å². The van der Waals surface area contributed by atoms with Crippen molar-refractivity contribution < 1.29 is 18.9 Å². The molecule has 26 heavy (non-hydrogen) atoms. The maximum Gasteiger partial charge on any atom is 0.164 e. The Morgan fingerprint density at radius 1 is 0.962 bits per heavy atom. The first kappa shape index (κ1) is 18.4. The minimum absolute atomic E-state index is 0.0234. The van der Waals surface area contributed by atoms with E-state index in [4.69, 9.17) is 18.9 Å². The largest absolute Gasteiger partial charge is 0.497 e. The Balaban J connectivity index is 1.98. The van der Waals surface area contributed by atoms with Crippen molar-refractivity contribution in [2.45, 2.75) is 38.7 Å². The molecule has 0 radical (unpaired) electrons. The molecule has 140 valence electrons. The lowest BCUT2D eigenvalue weighted by Gasteiger charge is -2.34. The highest BCUT2D eigenvalue weighted by Gasteiger charge is 2.31. The van der Waals surface area contributed by atoms with Gasteiger partial charge < -0.3 is 18.9 Å². The zero-order valence-electron chi connectivity index (χ0n) is 16.2. The van der Waals surface area contributed by atoms with Crippen molar-refractivity contribution in [2.75, 3.05) is 21.3 Å². The summed E-state index contributed by atoms with van der Waals surface area (Å²) in [5.41, 5.74) is 2.38. The predicted octanol–water partition coefficient (Wildman–Crippen LogP) is 5.37. The van der Waals surface area contributed by atoms with Crippen LogP contribution in [0.2, 0.25) is 0 Å². The van der Waals surface area contributed by atoms with Crippen molar-refractivity contribution in [1.29, 1.82) is 0 Å². The molecule has 2 atom stereocenters. The van der Waals surface area contributed by atoms with Crippen LogP contribution in [-0.2, 0) is 0 Å². The van der Waals surface area contributed by atoms with Crippen molar-refractivity contribution in [3.8, 4) is 23.0 Å². The Morgan fingerprint density at radius 2 is 1.62 bits per heavy atom. The van der Waals surface area contributed by atoms with Crippen LogP contribution in [-0.4, -0.2) is 21.3 Å². The molecule has 0 saturated heterocycles. The van der Waals surface area contributed by atoms with E-state index in [2.05, 4.69) is 32.0 Å². The lowest BCUT2D eigenvalue weighted by atomic mass is 9.82. The molecule has 0 bridgehead atoms. The van der Waals surface area contributed by atoms with Crippen LogP contribution in [0.5, 0.6) is 23.0 Å². The summed E-state index contributed by atoms with van der Waals surface area (Å²) >= 11 is 0. The van der Waals surface area contributed by atoms with Gasteiger partial charge in [0, 0.05) is 11.6 Å². The number of benzene rings is 2. The monoisotopic (exact) mass is 356 g/mol. The predicted molar refractivity (Wildman–Crippen MR) is 103 cm³/mol. The van der Waals surface area contributed by atoms with E-state index in [9.17, 15) is 0 Å². The van der Waals surface area contributed by atoms with Crippen molar-refractivity contribution in [1.82, 2.24) is 0 Å². The van der Waals surface area contributed by atoms with Gasteiger partial charge in [0.25, 0.3) is 0 Å². The van der Waals surface area contributed by atoms with E-state index in [0.29, 0.717) is 17.6 Å². The fraction of sp³-hybridized carbons (Fsp3) is 0.455. The molecule has 0 N–H and O–H groups in total. The molecule has 4 nitrogen and oxygen atoms in total. The summed E-state index contributed by atoms with van der Waals surface area (Å²) in [5, 5.41) is 0. The van der Waals surface area contributed by atoms with E-state index >= 15 is 0 Å². The van der Waals surface area contributed by atoms with Gasteiger partial charge in [-0.05, 0) is 48.4 Å². The van der Waals surface area contributed by atoms with Crippen LogP contribution >= 0.6 is 0 Å². The molecule has 0 spiro atoms. The molecule has 1 aliphatic rings. The van der Waals surface area contributed by atoms with Crippen molar-refractivity contribution in [3.05, 3.63) is 47.5 Å². The van der Waals surface area contributed by atoms with Crippen molar-refractivity contribution >= 4 is 0 Å². The Hall–Kier alpha value is -2.36. The van der Waals surface area contributed by atoms with Gasteiger partial charge in [0.15, 0.2) is 11.5 Å². The lowest BCUT2D eigenvalue weighted by Crippen LogP contribution is -2.20. The van der Waals surface area contributed by atoms with Crippen molar-refractivity contribution in [2.24, 2.45) is 5.92 Å². The molecule has 0 fully saturated rings. The number of rotatable bonds is 6. The van der Waals surface area contributed by atoms with Crippen LogP contribution in [0.1, 0.15) is 49.8 Å². The maximum atomic E-state index is 6.37. The Labute approximate surface area is 156 Å². The molecule has 0 amide bonds. The van der Waals surface area contributed by atoms with Gasteiger partial charge in [0.05, 0.1) is 21.3 Å². The standard InChI is InChI=1S/C22H28O4/c1-14(2)10-16-11-19(15-6-8-17(23-3)9-7-15)26-20-13-22(25-5)21(24-4)12-18(16)20/h6-9,12-14,16,19H,10-11H2,1-5H3/t16-,19-/m0/s1. The summed E-state index contributed by atoms with van der Waals surface area (Å²) in [6, 6.07) is 12.2. The molecule has 3 rings (SSSR count). The summed E-state index contributed by atoms with van der Waals surface area (Å²) in [4.78, 5) is 0. The highest BCUT2D eigenvalue weighted by atomic mass is 16.5. The molecular formula is C22H28O4. The molecule has 2 aromatic carbocycles. The van der Waals surface area contributed by atoms with Gasteiger partial charge in [0.2, 0.25) is 0 Å². The molecule has 1 aliphatic heterocycles. The van der Waals surface area contributed by atoms with Crippen LogP contribution in [0.4, 0.5) is 0 Å². The highest BCUT2D eigenvalue weighted by molar-refractivity contribution is 5.53. The first-order valence-corrected chi connectivity index (χ1v) is 9.12. The molecule has 2 aromatic rings. The highest BCUT2D eigenvalue weighted by Crippen LogP contribution is 2.48. The average molecular weight is 356 g/mol. The zero-order valence-corrected chi connectivity index (χ0v) is 16.2. The number of methoxy groups -OCH3 is 3. The van der Waals surface area contributed by atoms with E-state index in [1.54, 1.807) is 21.3 Å². The Bertz CT molecular complexity index is 737. The normalized spacial score (nSPS) is 18.8. The Morgan fingerprint density at radius 3 is 2.19 bits per heavy atom. The molecule has 0 aromatic heterocycles. The van der Waals surface area contributed by atoms with Gasteiger partial charge in [-0.2, -0.15) is 0 Å². The third kappa shape index (κ3) is 3.74. The van der Waals surface area contributed by atoms with E-state index in [-0.39, 0.29) is 6.10 Å². The molecule has 1 heterocycles. The lowest BCUT2D eigenvalue weighted by molar-refractivity contribution is 0.153. The van der Waals surface area contributed by atoms with Gasteiger partial charge in [-0.25, -0.2) is 0 Å². The molecule has 4 heteroatoms. The second kappa shape index (κ2) is 7.90.